The minimum Gasteiger partial charge on any atom is -0.452 e. The number of aromatic nitrogens is 1. The molecule has 0 aliphatic rings. The quantitative estimate of drug-likeness (QED) is 0.850. The van der Waals surface area contributed by atoms with Crippen LogP contribution >= 0.6 is 0 Å². The number of hydrogen-bond donors (Lipinski definition) is 1. The number of pyridine rings is 1. The highest BCUT2D eigenvalue weighted by Crippen LogP contribution is 2.05. The predicted molar refractivity (Wildman–Crippen MR) is 72.8 cm³/mol. The van der Waals surface area contributed by atoms with Crippen molar-refractivity contribution in [2.75, 3.05) is 6.61 Å². The molecular weight excluding hydrogens is 275 g/mol. The van der Waals surface area contributed by atoms with Gasteiger partial charge in [0.1, 0.15) is 5.82 Å². The van der Waals surface area contributed by atoms with Crippen LogP contribution in [0.25, 0.3) is 0 Å². The molecule has 6 heteroatoms. The Morgan fingerprint density at radius 1 is 1.19 bits per heavy atom. The van der Waals surface area contributed by atoms with E-state index < -0.39 is 24.3 Å². The largest absolute Gasteiger partial charge is 0.452 e. The number of carbonyl (C=O) groups excluding carboxylic acids is 2. The summed E-state index contributed by atoms with van der Waals surface area (Å²) in [7, 11) is 0. The Hall–Kier alpha value is -2.76. The highest BCUT2D eigenvalue weighted by Gasteiger charge is 2.10. The number of rotatable bonds is 5. The number of halogens is 1. The van der Waals surface area contributed by atoms with Crippen LogP contribution in [0.3, 0.4) is 0 Å². The Labute approximate surface area is 120 Å². The summed E-state index contributed by atoms with van der Waals surface area (Å²) in [5, 5.41) is 2.47. The van der Waals surface area contributed by atoms with Crippen LogP contribution in [0.4, 0.5) is 4.39 Å². The van der Waals surface area contributed by atoms with Crippen LogP contribution in [0.5, 0.6) is 0 Å². The minimum absolute atomic E-state index is 0.0376. The van der Waals surface area contributed by atoms with Crippen molar-refractivity contribution in [1.29, 1.82) is 0 Å². The summed E-state index contributed by atoms with van der Waals surface area (Å²) >= 11 is 0. The molecule has 1 aromatic carbocycles. The Bertz CT molecular complexity index is 632. The maximum Gasteiger partial charge on any atom is 0.340 e. The van der Waals surface area contributed by atoms with Gasteiger partial charge in [-0.05, 0) is 18.2 Å². The van der Waals surface area contributed by atoms with E-state index in [1.54, 1.807) is 24.3 Å². The fourth-order valence-electron chi connectivity index (χ4n) is 1.58. The van der Waals surface area contributed by atoms with E-state index in [0.29, 0.717) is 5.56 Å². The van der Waals surface area contributed by atoms with Gasteiger partial charge in [-0.15, -0.1) is 0 Å². The van der Waals surface area contributed by atoms with E-state index in [2.05, 4.69) is 10.3 Å². The van der Waals surface area contributed by atoms with Crippen molar-refractivity contribution in [2.24, 2.45) is 0 Å². The molecule has 21 heavy (non-hydrogen) atoms. The van der Waals surface area contributed by atoms with Gasteiger partial charge in [-0.25, -0.2) is 9.18 Å². The maximum absolute atomic E-state index is 13.3. The summed E-state index contributed by atoms with van der Waals surface area (Å²) in [6, 6.07) is 9.24. The number of esters is 1. The molecule has 0 atom stereocenters. The zero-order valence-corrected chi connectivity index (χ0v) is 11.1. The average molecular weight is 288 g/mol. The summed E-state index contributed by atoms with van der Waals surface area (Å²) in [5.41, 5.74) is 0.629. The van der Waals surface area contributed by atoms with E-state index in [9.17, 15) is 14.0 Å². The third kappa shape index (κ3) is 4.38. The molecule has 0 unspecified atom stereocenters. The van der Waals surface area contributed by atoms with Gasteiger partial charge in [0.15, 0.2) is 6.61 Å². The molecule has 0 aliphatic heterocycles. The summed E-state index contributed by atoms with van der Waals surface area (Å²) in [5.74, 6) is -1.54. The summed E-state index contributed by atoms with van der Waals surface area (Å²) in [4.78, 5) is 26.9. The molecule has 108 valence electrons. The Morgan fingerprint density at radius 3 is 2.71 bits per heavy atom. The molecule has 0 spiro atoms. The van der Waals surface area contributed by atoms with Crippen LogP contribution in [0, 0.1) is 5.82 Å². The summed E-state index contributed by atoms with van der Waals surface area (Å²) in [6.07, 6.45) is 2.87. The fraction of sp³-hybridized carbons (Fsp3) is 0.133. The van der Waals surface area contributed by atoms with Crippen molar-refractivity contribution in [3.63, 3.8) is 0 Å². The van der Waals surface area contributed by atoms with Crippen molar-refractivity contribution in [1.82, 2.24) is 10.3 Å². The van der Waals surface area contributed by atoms with Crippen LogP contribution < -0.4 is 5.32 Å². The van der Waals surface area contributed by atoms with Crippen LogP contribution in [-0.4, -0.2) is 23.5 Å². The molecule has 1 aromatic heterocycles. The van der Waals surface area contributed by atoms with E-state index >= 15 is 0 Å². The maximum atomic E-state index is 13.3. The van der Waals surface area contributed by atoms with Crippen molar-refractivity contribution in [2.45, 2.75) is 6.54 Å². The van der Waals surface area contributed by atoms with E-state index in [-0.39, 0.29) is 12.1 Å². The lowest BCUT2D eigenvalue weighted by Gasteiger charge is -2.07. The standard InChI is InChI=1S/C15H13FN2O3/c16-13-6-2-1-4-11(13)9-18-14(19)10-21-15(20)12-5-3-7-17-8-12/h1-8H,9-10H2,(H,18,19). The summed E-state index contributed by atoms with van der Waals surface area (Å²) in [6.45, 7) is -0.391. The van der Waals surface area contributed by atoms with E-state index in [4.69, 9.17) is 4.74 Å². The normalized spacial score (nSPS) is 9.95. The highest BCUT2D eigenvalue weighted by molar-refractivity contribution is 5.90. The number of nitrogens with zero attached hydrogens (tertiary/aromatic N) is 1. The van der Waals surface area contributed by atoms with Gasteiger partial charge in [-0.1, -0.05) is 18.2 Å². The molecule has 1 heterocycles. The number of hydrogen-bond acceptors (Lipinski definition) is 4. The fourth-order valence-corrected chi connectivity index (χ4v) is 1.58. The number of benzene rings is 1. The zero-order valence-electron chi connectivity index (χ0n) is 11.1. The molecule has 0 fully saturated rings. The highest BCUT2D eigenvalue weighted by atomic mass is 19.1. The van der Waals surface area contributed by atoms with Crippen LogP contribution in [0.15, 0.2) is 48.8 Å². The first-order valence-electron chi connectivity index (χ1n) is 6.24. The molecule has 1 amide bonds. The first kappa shape index (κ1) is 14.6. The second kappa shape index (κ2) is 7.14. The molecule has 5 nitrogen and oxygen atoms in total. The van der Waals surface area contributed by atoms with Crippen molar-refractivity contribution in [3.05, 3.63) is 65.7 Å². The van der Waals surface area contributed by atoms with Gasteiger partial charge in [0.2, 0.25) is 0 Å². The van der Waals surface area contributed by atoms with E-state index in [1.165, 1.54) is 24.5 Å². The van der Waals surface area contributed by atoms with Crippen LogP contribution in [-0.2, 0) is 16.1 Å². The van der Waals surface area contributed by atoms with Gasteiger partial charge in [-0.3, -0.25) is 9.78 Å². The lowest BCUT2D eigenvalue weighted by atomic mass is 10.2. The van der Waals surface area contributed by atoms with E-state index in [0.717, 1.165) is 0 Å². The van der Waals surface area contributed by atoms with Crippen molar-refractivity contribution >= 4 is 11.9 Å². The molecule has 2 rings (SSSR count). The molecule has 0 saturated carbocycles. The second-order valence-electron chi connectivity index (χ2n) is 4.19. The Kier molecular flexibility index (Phi) is 4.98. The second-order valence-corrected chi connectivity index (χ2v) is 4.19. The first-order valence-corrected chi connectivity index (χ1v) is 6.24. The Balaban J connectivity index is 1.78. The molecule has 0 bridgehead atoms. The third-order valence-corrected chi connectivity index (χ3v) is 2.67. The van der Waals surface area contributed by atoms with Gasteiger partial charge in [0.25, 0.3) is 5.91 Å². The first-order chi connectivity index (χ1) is 10.2. The average Bonchev–Trinajstić information content (AvgIpc) is 2.52. The third-order valence-electron chi connectivity index (χ3n) is 2.67. The number of amides is 1. The summed E-state index contributed by atoms with van der Waals surface area (Å²) < 4.78 is 18.2. The molecule has 0 aliphatic carbocycles. The molecule has 2 aromatic rings. The molecular formula is C15H13FN2O3. The molecule has 0 saturated heterocycles. The zero-order chi connectivity index (χ0) is 15.1. The minimum atomic E-state index is -0.635. The van der Waals surface area contributed by atoms with Gasteiger partial charge >= 0.3 is 5.97 Å². The van der Waals surface area contributed by atoms with Gasteiger partial charge in [0.05, 0.1) is 5.56 Å². The van der Waals surface area contributed by atoms with Crippen LogP contribution in [0.1, 0.15) is 15.9 Å². The number of ether oxygens (including phenoxy) is 1. The van der Waals surface area contributed by atoms with Gasteiger partial charge < -0.3 is 10.1 Å². The lowest BCUT2D eigenvalue weighted by Crippen LogP contribution is -2.28. The monoisotopic (exact) mass is 288 g/mol. The number of carbonyl (C=O) groups is 2. The van der Waals surface area contributed by atoms with Gasteiger partial charge in [-0.2, -0.15) is 0 Å². The van der Waals surface area contributed by atoms with Crippen molar-refractivity contribution in [3.8, 4) is 0 Å². The topological polar surface area (TPSA) is 68.3 Å². The molecule has 1 N–H and O–H groups in total. The smallest absolute Gasteiger partial charge is 0.340 e. The lowest BCUT2D eigenvalue weighted by molar-refractivity contribution is -0.124. The SMILES string of the molecule is O=C(COC(=O)c1cccnc1)NCc1ccccc1F. The van der Waals surface area contributed by atoms with E-state index in [1.807, 2.05) is 0 Å². The van der Waals surface area contributed by atoms with Gasteiger partial charge in [0, 0.05) is 24.5 Å². The number of nitrogens with one attached hydrogen (secondary N) is 1. The van der Waals surface area contributed by atoms with Crippen LogP contribution in [0.2, 0.25) is 0 Å². The Morgan fingerprint density at radius 2 is 2.00 bits per heavy atom. The predicted octanol–water partition coefficient (Wildman–Crippen LogP) is 1.69. The molecule has 0 radical (unpaired) electrons. The van der Waals surface area contributed by atoms with Crippen molar-refractivity contribution < 1.29 is 18.7 Å².